The average Bonchev–Trinajstić information content (AvgIpc) is 2.95. The Bertz CT molecular complexity index is 1520. The third kappa shape index (κ3) is 6.25. The molecule has 1 saturated heterocycles. The Morgan fingerprint density at radius 3 is 2.65 bits per heavy atom. The SMILES string of the molecule is C[C@@H]1CCCC[C@@]1(O)C#Cc1cc(CC2CCOCC2)cc2c(=O)c(C(=O)NCc3ccc(Cl)cc3)nn(C)c12. The van der Waals surface area contributed by atoms with Gasteiger partial charge in [-0.05, 0) is 85.8 Å². The summed E-state index contributed by atoms with van der Waals surface area (Å²) in [5.41, 5.74) is 1.41. The molecule has 0 unspecified atom stereocenters. The topological polar surface area (TPSA) is 93.4 Å². The van der Waals surface area contributed by atoms with Gasteiger partial charge in [0, 0.05) is 31.8 Å². The highest BCUT2D eigenvalue weighted by atomic mass is 35.5. The van der Waals surface area contributed by atoms with Crippen LogP contribution in [0.25, 0.3) is 10.9 Å². The van der Waals surface area contributed by atoms with Gasteiger partial charge in [0.15, 0.2) is 5.69 Å². The van der Waals surface area contributed by atoms with Gasteiger partial charge in [-0.2, -0.15) is 5.10 Å². The van der Waals surface area contributed by atoms with Gasteiger partial charge in [0.1, 0.15) is 5.60 Å². The largest absolute Gasteiger partial charge is 0.381 e. The van der Waals surface area contributed by atoms with Crippen molar-refractivity contribution in [3.8, 4) is 11.8 Å². The fourth-order valence-corrected chi connectivity index (χ4v) is 5.92. The van der Waals surface area contributed by atoms with E-state index < -0.39 is 16.9 Å². The maximum absolute atomic E-state index is 13.7. The highest BCUT2D eigenvalue weighted by Gasteiger charge is 2.34. The number of rotatable bonds is 5. The molecule has 1 amide bonds. The lowest BCUT2D eigenvalue weighted by molar-refractivity contribution is 0.0126. The maximum atomic E-state index is 13.7. The van der Waals surface area contributed by atoms with E-state index in [1.165, 1.54) is 0 Å². The zero-order valence-corrected chi connectivity index (χ0v) is 23.9. The molecular weight excluding hydrogens is 526 g/mol. The fraction of sp³-hybridized carbons (Fsp3) is 0.469. The summed E-state index contributed by atoms with van der Waals surface area (Å²) >= 11 is 5.96. The lowest BCUT2D eigenvalue weighted by Crippen LogP contribution is -2.37. The monoisotopic (exact) mass is 561 g/mol. The van der Waals surface area contributed by atoms with Gasteiger partial charge in [0.25, 0.3) is 5.91 Å². The predicted octanol–water partition coefficient (Wildman–Crippen LogP) is 4.78. The number of aliphatic hydroxyl groups is 1. The van der Waals surface area contributed by atoms with Crippen molar-refractivity contribution >= 4 is 28.4 Å². The summed E-state index contributed by atoms with van der Waals surface area (Å²) in [7, 11) is 1.72. The Labute approximate surface area is 239 Å². The number of halogens is 1. The Morgan fingerprint density at radius 1 is 1.18 bits per heavy atom. The van der Waals surface area contributed by atoms with Gasteiger partial charge in [0.05, 0.1) is 16.5 Å². The Hall–Kier alpha value is -3.18. The van der Waals surface area contributed by atoms with Gasteiger partial charge < -0.3 is 15.2 Å². The summed E-state index contributed by atoms with van der Waals surface area (Å²) in [5, 5.41) is 19.5. The summed E-state index contributed by atoms with van der Waals surface area (Å²) in [6.45, 7) is 3.76. The molecule has 0 spiro atoms. The van der Waals surface area contributed by atoms with Gasteiger partial charge in [-0.15, -0.1) is 0 Å². The highest BCUT2D eigenvalue weighted by molar-refractivity contribution is 6.30. The molecule has 1 aliphatic heterocycles. The second-order valence-corrected chi connectivity index (χ2v) is 11.7. The van der Waals surface area contributed by atoms with E-state index >= 15 is 0 Å². The summed E-state index contributed by atoms with van der Waals surface area (Å²) in [5.74, 6) is 6.39. The molecule has 2 atom stereocenters. The number of hydrogen-bond acceptors (Lipinski definition) is 5. The molecule has 3 aromatic rings. The smallest absolute Gasteiger partial charge is 0.276 e. The molecule has 1 saturated carbocycles. The van der Waals surface area contributed by atoms with E-state index in [4.69, 9.17) is 16.3 Å². The number of benzene rings is 2. The zero-order chi connectivity index (χ0) is 28.3. The van der Waals surface area contributed by atoms with Crippen molar-refractivity contribution in [2.24, 2.45) is 18.9 Å². The molecule has 2 heterocycles. The van der Waals surface area contributed by atoms with Crippen LogP contribution in [-0.2, 0) is 24.8 Å². The third-order valence-corrected chi connectivity index (χ3v) is 8.58. The standard InChI is InChI=1S/C32H36ClN3O4/c1-21-5-3-4-13-32(21,39)14-10-25-18-24(17-22-11-15-40-16-12-22)19-27-29(25)36(2)35-28(30(27)37)31(38)34-20-23-6-8-26(33)9-7-23/h6-9,18-19,21-22,39H,3-5,11-13,15-17,20H2,1-2H3,(H,34,38)/t21-,32-/m1/s1. The van der Waals surface area contributed by atoms with Crippen LogP contribution in [0.4, 0.5) is 0 Å². The zero-order valence-electron chi connectivity index (χ0n) is 23.1. The van der Waals surface area contributed by atoms with Crippen LogP contribution in [0.2, 0.25) is 5.02 Å². The minimum atomic E-state index is -1.06. The lowest BCUT2D eigenvalue weighted by atomic mass is 9.77. The molecule has 2 N–H and O–H groups in total. The number of ether oxygens (including phenoxy) is 1. The Balaban J connectivity index is 1.54. The summed E-state index contributed by atoms with van der Waals surface area (Å²) in [4.78, 5) is 26.8. The quantitative estimate of drug-likeness (QED) is 0.437. The van der Waals surface area contributed by atoms with E-state index in [2.05, 4.69) is 22.3 Å². The number of nitrogens with zero attached hydrogens (tertiary/aromatic N) is 2. The van der Waals surface area contributed by atoms with Crippen LogP contribution in [0.1, 0.15) is 72.6 Å². The second kappa shape index (κ2) is 12.1. The van der Waals surface area contributed by atoms with Crippen molar-refractivity contribution < 1.29 is 14.6 Å². The normalized spacial score (nSPS) is 21.6. The average molecular weight is 562 g/mol. The number of amides is 1. The van der Waals surface area contributed by atoms with Crippen LogP contribution in [0.3, 0.4) is 0 Å². The molecule has 210 valence electrons. The molecule has 0 bridgehead atoms. The van der Waals surface area contributed by atoms with Crippen LogP contribution >= 0.6 is 11.6 Å². The van der Waals surface area contributed by atoms with Crippen molar-refractivity contribution in [3.05, 3.63) is 74.0 Å². The first-order valence-corrected chi connectivity index (χ1v) is 14.5. The molecule has 1 aliphatic carbocycles. The van der Waals surface area contributed by atoms with Crippen LogP contribution in [0.15, 0.2) is 41.2 Å². The predicted molar refractivity (Wildman–Crippen MR) is 156 cm³/mol. The Kier molecular flexibility index (Phi) is 8.60. The van der Waals surface area contributed by atoms with E-state index in [1.807, 2.05) is 31.2 Å². The summed E-state index contributed by atoms with van der Waals surface area (Å²) in [6.07, 6.45) is 6.31. The van der Waals surface area contributed by atoms with Crippen molar-refractivity contribution in [3.63, 3.8) is 0 Å². The first kappa shape index (κ1) is 28.4. The van der Waals surface area contributed by atoms with Gasteiger partial charge in [-0.1, -0.05) is 48.9 Å². The van der Waals surface area contributed by atoms with E-state index in [-0.39, 0.29) is 18.2 Å². The minimum Gasteiger partial charge on any atom is -0.381 e. The first-order valence-electron chi connectivity index (χ1n) is 14.1. The summed E-state index contributed by atoms with van der Waals surface area (Å²) in [6, 6.07) is 11.1. The molecule has 2 fully saturated rings. The van der Waals surface area contributed by atoms with Gasteiger partial charge >= 0.3 is 0 Å². The molecule has 5 rings (SSSR count). The number of aryl methyl sites for hydroxylation is 1. The fourth-order valence-electron chi connectivity index (χ4n) is 5.79. The molecular formula is C32H36ClN3O4. The van der Waals surface area contributed by atoms with Crippen molar-refractivity contribution in [1.82, 2.24) is 15.1 Å². The maximum Gasteiger partial charge on any atom is 0.276 e. The molecule has 0 radical (unpaired) electrons. The molecule has 2 aliphatic rings. The number of hydrogen-bond donors (Lipinski definition) is 2. The number of fused-ring (bicyclic) bond motifs is 1. The molecule has 1 aromatic heterocycles. The van der Waals surface area contributed by atoms with E-state index in [0.29, 0.717) is 33.8 Å². The lowest BCUT2D eigenvalue weighted by Gasteiger charge is -2.33. The molecule has 2 aromatic carbocycles. The van der Waals surface area contributed by atoms with Crippen LogP contribution in [0, 0.1) is 23.7 Å². The number of carbonyl (C=O) groups is 1. The van der Waals surface area contributed by atoms with Crippen LogP contribution in [-0.4, -0.2) is 39.6 Å². The van der Waals surface area contributed by atoms with Gasteiger partial charge in [0.2, 0.25) is 5.43 Å². The van der Waals surface area contributed by atoms with Crippen LogP contribution < -0.4 is 10.7 Å². The Morgan fingerprint density at radius 2 is 1.93 bits per heavy atom. The number of aromatic nitrogens is 2. The van der Waals surface area contributed by atoms with E-state index in [9.17, 15) is 14.7 Å². The van der Waals surface area contributed by atoms with Gasteiger partial charge in [-0.3, -0.25) is 14.3 Å². The molecule has 40 heavy (non-hydrogen) atoms. The van der Waals surface area contributed by atoms with E-state index in [0.717, 1.165) is 62.9 Å². The van der Waals surface area contributed by atoms with Crippen molar-refractivity contribution in [2.45, 2.75) is 64.0 Å². The van der Waals surface area contributed by atoms with E-state index in [1.54, 1.807) is 23.9 Å². The van der Waals surface area contributed by atoms with Crippen molar-refractivity contribution in [1.29, 1.82) is 0 Å². The van der Waals surface area contributed by atoms with Crippen molar-refractivity contribution in [2.75, 3.05) is 13.2 Å². The van der Waals surface area contributed by atoms with Crippen LogP contribution in [0.5, 0.6) is 0 Å². The number of nitrogens with one attached hydrogen (secondary N) is 1. The van der Waals surface area contributed by atoms with Gasteiger partial charge in [-0.25, -0.2) is 0 Å². The highest BCUT2D eigenvalue weighted by Crippen LogP contribution is 2.33. The molecule has 8 heteroatoms. The third-order valence-electron chi connectivity index (χ3n) is 8.32. The molecule has 7 nitrogen and oxygen atoms in total. The number of carbonyl (C=O) groups excluding carboxylic acids is 1. The second-order valence-electron chi connectivity index (χ2n) is 11.2. The first-order chi connectivity index (χ1) is 19.2. The summed E-state index contributed by atoms with van der Waals surface area (Å²) < 4.78 is 7.09. The minimum absolute atomic E-state index is 0.0725.